The second-order valence-electron chi connectivity index (χ2n) is 11.3. The molecule has 2 aliphatic rings. The van der Waals surface area contributed by atoms with E-state index in [0.717, 1.165) is 67.4 Å². The number of aromatic amines is 1. The molecule has 7 heteroatoms. The Hall–Kier alpha value is -2.83. The van der Waals surface area contributed by atoms with Crippen molar-refractivity contribution in [3.8, 4) is 5.75 Å². The number of ether oxygens (including phenoxy) is 2. The highest BCUT2D eigenvalue weighted by atomic mass is 35.5. The molecule has 0 spiro atoms. The summed E-state index contributed by atoms with van der Waals surface area (Å²) in [5.41, 5.74) is 6.03. The van der Waals surface area contributed by atoms with Crippen LogP contribution in [0, 0.1) is 11.8 Å². The molecule has 39 heavy (non-hydrogen) atoms. The van der Waals surface area contributed by atoms with Crippen LogP contribution in [0.4, 0.5) is 0 Å². The number of likely N-dealkylation sites (tertiary alicyclic amines) is 1. The van der Waals surface area contributed by atoms with Crippen LogP contribution in [0.2, 0.25) is 5.15 Å². The molecule has 1 aliphatic heterocycles. The molecule has 0 amide bonds. The van der Waals surface area contributed by atoms with Crippen molar-refractivity contribution in [2.45, 2.75) is 71.9 Å². The number of nitrogens with one attached hydrogen (secondary N) is 1. The van der Waals surface area contributed by atoms with E-state index in [9.17, 15) is 4.79 Å². The molecule has 1 fully saturated rings. The molecule has 1 N–H and O–H groups in total. The van der Waals surface area contributed by atoms with Crippen molar-refractivity contribution >= 4 is 34.5 Å². The molecule has 0 radical (unpaired) electrons. The summed E-state index contributed by atoms with van der Waals surface area (Å²) in [5, 5.41) is 8.56. The van der Waals surface area contributed by atoms with E-state index in [0.29, 0.717) is 17.8 Å². The lowest BCUT2D eigenvalue weighted by Gasteiger charge is -2.32. The van der Waals surface area contributed by atoms with E-state index in [2.05, 4.69) is 72.3 Å². The average Bonchev–Trinajstić information content (AvgIpc) is 3.14. The van der Waals surface area contributed by atoms with E-state index in [4.69, 9.17) is 21.1 Å². The molecule has 3 aromatic rings. The summed E-state index contributed by atoms with van der Waals surface area (Å²) in [5.74, 6) is 1.19. The highest BCUT2D eigenvalue weighted by Crippen LogP contribution is 2.35. The van der Waals surface area contributed by atoms with E-state index in [1.165, 1.54) is 16.7 Å². The van der Waals surface area contributed by atoms with Crippen molar-refractivity contribution < 1.29 is 14.3 Å². The van der Waals surface area contributed by atoms with Gasteiger partial charge in [0.05, 0.1) is 18.0 Å². The van der Waals surface area contributed by atoms with Crippen molar-refractivity contribution in [2.75, 3.05) is 19.7 Å². The van der Waals surface area contributed by atoms with E-state index in [1.807, 2.05) is 13.0 Å². The molecule has 2 aromatic carbocycles. The number of hydrogen-bond acceptors (Lipinski definition) is 5. The summed E-state index contributed by atoms with van der Waals surface area (Å²) in [4.78, 5) is 14.8. The van der Waals surface area contributed by atoms with Crippen LogP contribution in [0.1, 0.15) is 76.2 Å². The number of fused-ring (bicyclic) bond motifs is 2. The van der Waals surface area contributed by atoms with E-state index < -0.39 is 0 Å². The van der Waals surface area contributed by atoms with Crippen LogP contribution < -0.4 is 4.74 Å². The quantitative estimate of drug-likeness (QED) is 0.297. The molecule has 2 heterocycles. The molecular weight excluding hydrogens is 510 g/mol. The highest BCUT2D eigenvalue weighted by molar-refractivity contribution is 6.34. The lowest BCUT2D eigenvalue weighted by atomic mass is 9.88. The van der Waals surface area contributed by atoms with Gasteiger partial charge in [0.15, 0.2) is 0 Å². The molecule has 0 bridgehead atoms. The minimum Gasteiger partial charge on any atom is -0.485 e. The lowest BCUT2D eigenvalue weighted by Crippen LogP contribution is -2.36. The van der Waals surface area contributed by atoms with Crippen LogP contribution in [-0.4, -0.2) is 46.8 Å². The van der Waals surface area contributed by atoms with Gasteiger partial charge in [-0.1, -0.05) is 49.2 Å². The largest absolute Gasteiger partial charge is 0.485 e. The first-order valence-electron chi connectivity index (χ1n) is 14.4. The first-order chi connectivity index (χ1) is 18.8. The van der Waals surface area contributed by atoms with E-state index in [1.54, 1.807) is 0 Å². The molecule has 0 saturated carbocycles. The van der Waals surface area contributed by atoms with E-state index in [-0.39, 0.29) is 23.9 Å². The summed E-state index contributed by atoms with van der Waals surface area (Å²) in [6, 6.07) is 13.0. The summed E-state index contributed by atoms with van der Waals surface area (Å²) >= 11 is 6.30. The highest BCUT2D eigenvalue weighted by Gasteiger charge is 2.28. The Kier molecular flexibility index (Phi) is 8.63. The fourth-order valence-corrected chi connectivity index (χ4v) is 6.23. The minimum absolute atomic E-state index is 0.0265. The van der Waals surface area contributed by atoms with Crippen LogP contribution in [0.25, 0.3) is 17.0 Å². The summed E-state index contributed by atoms with van der Waals surface area (Å²) in [6.07, 6.45) is 7.17. The lowest BCUT2D eigenvalue weighted by molar-refractivity contribution is -0.148. The predicted molar refractivity (Wildman–Crippen MR) is 157 cm³/mol. The molecule has 208 valence electrons. The second-order valence-corrected chi connectivity index (χ2v) is 11.6. The summed E-state index contributed by atoms with van der Waals surface area (Å²) < 4.78 is 11.9. The summed E-state index contributed by atoms with van der Waals surface area (Å²) in [6.45, 7) is 11.0. The predicted octanol–water partition coefficient (Wildman–Crippen LogP) is 7.38. The maximum absolute atomic E-state index is 12.3. The van der Waals surface area contributed by atoms with Gasteiger partial charge in [0, 0.05) is 11.4 Å². The number of aromatic nitrogens is 2. The van der Waals surface area contributed by atoms with Crippen LogP contribution >= 0.6 is 11.6 Å². The number of nitrogens with zero attached hydrogens (tertiary/aromatic N) is 2. The van der Waals surface area contributed by atoms with Gasteiger partial charge in [-0.25, -0.2) is 0 Å². The first-order valence-corrected chi connectivity index (χ1v) is 14.8. The molecule has 3 unspecified atom stereocenters. The zero-order valence-electron chi connectivity index (χ0n) is 23.5. The molecule has 1 aromatic heterocycles. The fourth-order valence-electron chi connectivity index (χ4n) is 6.04. The minimum atomic E-state index is -0.0883. The SMILES string of the molecule is CCOC(=O)C1CCCN(C(C)C2=Cc3ccc(OC(c4ccc5n[nH]c(Cl)c5c4)C(C)C)cc3CC2)CC1. The van der Waals surface area contributed by atoms with Crippen molar-refractivity contribution in [1.29, 1.82) is 0 Å². The standard InChI is InChI=1S/C32H40ClN3O3/c1-5-38-32(37)22-7-6-15-36(16-14-22)21(4)23-8-9-25-18-27(12-10-24(25)17-23)39-30(20(2)3)26-11-13-29-28(19-26)31(33)35-34-29/h10-13,17-22,30H,5-9,14-16H2,1-4H3,(H,34,35). The number of carbonyl (C=O) groups is 1. The number of benzene rings is 2. The normalized spacial score (nSPS) is 19.7. The summed E-state index contributed by atoms with van der Waals surface area (Å²) in [7, 11) is 0. The Morgan fingerprint density at radius 1 is 1.13 bits per heavy atom. The Morgan fingerprint density at radius 2 is 1.97 bits per heavy atom. The van der Waals surface area contributed by atoms with Crippen LogP contribution in [-0.2, 0) is 16.0 Å². The third-order valence-corrected chi connectivity index (χ3v) is 8.62. The molecule has 6 nitrogen and oxygen atoms in total. The Bertz CT molecular complexity index is 1350. The van der Waals surface area contributed by atoms with Crippen molar-refractivity contribution in [3.63, 3.8) is 0 Å². The zero-order chi connectivity index (χ0) is 27.5. The van der Waals surface area contributed by atoms with Gasteiger partial charge in [0.2, 0.25) is 0 Å². The third-order valence-electron chi connectivity index (χ3n) is 8.33. The third kappa shape index (κ3) is 6.17. The monoisotopic (exact) mass is 549 g/mol. The van der Waals surface area contributed by atoms with Crippen molar-refractivity contribution in [1.82, 2.24) is 15.1 Å². The number of esters is 1. The maximum atomic E-state index is 12.3. The number of aryl methyl sites for hydroxylation is 1. The topological polar surface area (TPSA) is 67.4 Å². The van der Waals surface area contributed by atoms with Gasteiger partial charge in [-0.2, -0.15) is 5.10 Å². The van der Waals surface area contributed by atoms with Gasteiger partial charge in [0.25, 0.3) is 0 Å². The van der Waals surface area contributed by atoms with Gasteiger partial charge in [-0.15, -0.1) is 0 Å². The van der Waals surface area contributed by atoms with Crippen LogP contribution in [0.15, 0.2) is 42.0 Å². The molecule has 1 saturated heterocycles. The van der Waals surface area contributed by atoms with E-state index >= 15 is 0 Å². The molecule has 1 aliphatic carbocycles. The zero-order valence-corrected chi connectivity index (χ0v) is 24.3. The molecule has 3 atom stereocenters. The maximum Gasteiger partial charge on any atom is 0.308 e. The average molecular weight is 550 g/mol. The van der Waals surface area contributed by atoms with Gasteiger partial charge < -0.3 is 9.47 Å². The number of carbonyl (C=O) groups excluding carboxylic acids is 1. The first kappa shape index (κ1) is 27.7. The van der Waals surface area contributed by atoms with Crippen LogP contribution in [0.5, 0.6) is 5.75 Å². The Labute approximate surface area is 236 Å². The van der Waals surface area contributed by atoms with Gasteiger partial charge in [-0.05, 0) is 106 Å². The number of rotatable bonds is 8. The van der Waals surface area contributed by atoms with Crippen molar-refractivity contribution in [2.24, 2.45) is 11.8 Å². The van der Waals surface area contributed by atoms with Crippen molar-refractivity contribution in [3.05, 3.63) is 63.8 Å². The van der Waals surface area contributed by atoms with Gasteiger partial charge >= 0.3 is 5.97 Å². The van der Waals surface area contributed by atoms with Gasteiger partial charge in [-0.3, -0.25) is 14.8 Å². The smallest absolute Gasteiger partial charge is 0.308 e. The Balaban J connectivity index is 1.28. The molecular formula is C32H40ClN3O3. The Morgan fingerprint density at radius 3 is 2.77 bits per heavy atom. The number of halogens is 1. The number of hydrogen-bond donors (Lipinski definition) is 1. The molecule has 5 rings (SSSR count). The van der Waals surface area contributed by atoms with Gasteiger partial charge in [0.1, 0.15) is 17.0 Å². The second kappa shape index (κ2) is 12.1. The van der Waals surface area contributed by atoms with Crippen LogP contribution in [0.3, 0.4) is 0 Å². The number of H-pyrrole nitrogens is 1. The fraction of sp³-hybridized carbons (Fsp3) is 0.500.